The largest absolute Gasteiger partial charge is 0.353 e. The van der Waals surface area contributed by atoms with E-state index in [0.29, 0.717) is 11.5 Å². The van der Waals surface area contributed by atoms with E-state index in [1.165, 1.54) is 0 Å². The molecule has 2 heterocycles. The minimum absolute atomic E-state index is 0.498. The quantitative estimate of drug-likeness (QED) is 0.615. The van der Waals surface area contributed by atoms with Crippen LogP contribution in [-0.4, -0.2) is 53.8 Å². The first-order valence-electron chi connectivity index (χ1n) is 5.41. The molecule has 4 nitrogen and oxygen atoms in total. The van der Waals surface area contributed by atoms with E-state index in [-0.39, 0.29) is 0 Å². The molecule has 92 valence electrons. The van der Waals surface area contributed by atoms with Crippen LogP contribution >= 0.6 is 31.9 Å². The van der Waals surface area contributed by atoms with Crippen molar-refractivity contribution in [2.45, 2.75) is 0 Å². The Hall–Kier alpha value is -0.460. The van der Waals surface area contributed by atoms with Gasteiger partial charge in [0, 0.05) is 41.3 Å². The molecule has 6 heteroatoms. The predicted molar refractivity (Wildman–Crippen MR) is 75.5 cm³/mol. The summed E-state index contributed by atoms with van der Waals surface area (Å²) < 4.78 is 1.77. The first-order chi connectivity index (χ1) is 8.08. The highest BCUT2D eigenvalue weighted by Crippen LogP contribution is 2.21. The average molecular weight is 362 g/mol. The molecule has 17 heavy (non-hydrogen) atoms. The van der Waals surface area contributed by atoms with Crippen LogP contribution in [0.5, 0.6) is 0 Å². The Balaban J connectivity index is 2.14. The van der Waals surface area contributed by atoms with Crippen LogP contribution in [0.2, 0.25) is 0 Å². The SMILES string of the molecule is CN1CCN(C(=N)c2ncc(Br)cc2Br)CC1. The normalized spacial score (nSPS) is 17.2. The third-order valence-electron chi connectivity index (χ3n) is 2.85. The van der Waals surface area contributed by atoms with Crippen molar-refractivity contribution in [2.75, 3.05) is 33.2 Å². The fourth-order valence-corrected chi connectivity index (χ4v) is 2.94. The Bertz CT molecular complexity index is 427. The van der Waals surface area contributed by atoms with Gasteiger partial charge in [0.1, 0.15) is 11.5 Å². The lowest BCUT2D eigenvalue weighted by atomic mass is 10.2. The van der Waals surface area contributed by atoms with Crippen LogP contribution in [-0.2, 0) is 0 Å². The van der Waals surface area contributed by atoms with E-state index in [1.807, 2.05) is 6.07 Å². The maximum Gasteiger partial charge on any atom is 0.148 e. The minimum Gasteiger partial charge on any atom is -0.353 e. The van der Waals surface area contributed by atoms with Crippen molar-refractivity contribution in [2.24, 2.45) is 0 Å². The highest BCUT2D eigenvalue weighted by Gasteiger charge is 2.20. The van der Waals surface area contributed by atoms with Crippen LogP contribution in [0.1, 0.15) is 5.69 Å². The fourth-order valence-electron chi connectivity index (χ4n) is 1.77. The zero-order valence-electron chi connectivity index (χ0n) is 9.58. The summed E-state index contributed by atoms with van der Waals surface area (Å²) in [7, 11) is 2.11. The lowest BCUT2D eigenvalue weighted by Gasteiger charge is -2.33. The third-order valence-corrected chi connectivity index (χ3v) is 3.89. The molecule has 1 aliphatic rings. The summed E-state index contributed by atoms with van der Waals surface area (Å²) in [5.41, 5.74) is 0.706. The van der Waals surface area contributed by atoms with Crippen molar-refractivity contribution in [3.63, 3.8) is 0 Å². The zero-order chi connectivity index (χ0) is 12.4. The first kappa shape index (κ1) is 13.0. The smallest absolute Gasteiger partial charge is 0.148 e. The zero-order valence-corrected chi connectivity index (χ0v) is 12.8. The van der Waals surface area contributed by atoms with Gasteiger partial charge in [0.05, 0.1) is 0 Å². The van der Waals surface area contributed by atoms with Crippen LogP contribution in [0, 0.1) is 5.41 Å². The van der Waals surface area contributed by atoms with Gasteiger partial charge in [-0.25, -0.2) is 0 Å². The molecule has 0 unspecified atom stereocenters. The molecule has 0 atom stereocenters. The van der Waals surface area contributed by atoms with Gasteiger partial charge in [-0.1, -0.05) is 0 Å². The second-order valence-corrected chi connectivity index (χ2v) is 5.89. The third kappa shape index (κ3) is 3.05. The number of hydrogen-bond donors (Lipinski definition) is 1. The topological polar surface area (TPSA) is 43.2 Å². The number of amidine groups is 1. The van der Waals surface area contributed by atoms with Crippen LogP contribution in [0.15, 0.2) is 21.2 Å². The van der Waals surface area contributed by atoms with Gasteiger partial charge < -0.3 is 9.80 Å². The lowest BCUT2D eigenvalue weighted by Crippen LogP contribution is -2.47. The molecule has 1 aromatic rings. The summed E-state index contributed by atoms with van der Waals surface area (Å²) in [6.07, 6.45) is 1.73. The highest BCUT2D eigenvalue weighted by molar-refractivity contribution is 9.11. The summed E-state index contributed by atoms with van der Waals surface area (Å²) in [6.45, 7) is 3.77. The van der Waals surface area contributed by atoms with Crippen LogP contribution in [0.3, 0.4) is 0 Å². The molecule has 0 radical (unpaired) electrons. The molecule has 1 aliphatic heterocycles. The number of likely N-dealkylation sites (N-methyl/N-ethyl adjacent to an activating group) is 1. The molecule has 0 spiro atoms. The van der Waals surface area contributed by atoms with Crippen LogP contribution in [0.4, 0.5) is 0 Å². The summed E-state index contributed by atoms with van der Waals surface area (Å²) in [5, 5.41) is 8.20. The molecular weight excluding hydrogens is 348 g/mol. The molecule has 1 aromatic heterocycles. The highest BCUT2D eigenvalue weighted by atomic mass is 79.9. The Morgan fingerprint density at radius 1 is 1.29 bits per heavy atom. The van der Waals surface area contributed by atoms with Gasteiger partial charge in [-0.15, -0.1) is 0 Å². The Morgan fingerprint density at radius 3 is 2.53 bits per heavy atom. The standard InChI is InChI=1S/C11H14Br2N4/c1-16-2-4-17(5-3-16)11(14)10-9(13)6-8(12)7-15-10/h6-7,14H,2-5H2,1H3. The fraction of sp³-hybridized carbons (Fsp3) is 0.455. The number of piperazine rings is 1. The molecule has 0 aromatic carbocycles. The molecular formula is C11H14Br2N4. The molecule has 1 saturated heterocycles. The van der Waals surface area contributed by atoms with Crippen molar-refractivity contribution in [1.29, 1.82) is 5.41 Å². The number of pyridine rings is 1. The van der Waals surface area contributed by atoms with E-state index in [1.54, 1.807) is 6.20 Å². The Labute approximate surface area is 118 Å². The number of nitrogens with one attached hydrogen (secondary N) is 1. The number of hydrogen-bond acceptors (Lipinski definition) is 3. The lowest BCUT2D eigenvalue weighted by molar-refractivity contribution is 0.215. The van der Waals surface area contributed by atoms with E-state index in [0.717, 1.165) is 35.1 Å². The molecule has 0 aliphatic carbocycles. The van der Waals surface area contributed by atoms with Gasteiger partial charge in [0.25, 0.3) is 0 Å². The van der Waals surface area contributed by atoms with E-state index >= 15 is 0 Å². The molecule has 1 N–H and O–H groups in total. The second-order valence-electron chi connectivity index (χ2n) is 4.12. The Morgan fingerprint density at radius 2 is 1.94 bits per heavy atom. The van der Waals surface area contributed by atoms with Crippen molar-refractivity contribution < 1.29 is 0 Å². The van der Waals surface area contributed by atoms with Gasteiger partial charge in [-0.3, -0.25) is 10.4 Å². The second kappa shape index (κ2) is 5.46. The summed E-state index contributed by atoms with van der Waals surface area (Å²) in [6, 6.07) is 1.92. The van der Waals surface area contributed by atoms with Crippen molar-refractivity contribution in [3.8, 4) is 0 Å². The van der Waals surface area contributed by atoms with Crippen LogP contribution < -0.4 is 0 Å². The monoisotopic (exact) mass is 360 g/mol. The van der Waals surface area contributed by atoms with Gasteiger partial charge >= 0.3 is 0 Å². The molecule has 0 amide bonds. The van der Waals surface area contributed by atoms with Crippen molar-refractivity contribution >= 4 is 37.7 Å². The van der Waals surface area contributed by atoms with Crippen molar-refractivity contribution in [1.82, 2.24) is 14.8 Å². The van der Waals surface area contributed by atoms with E-state index in [4.69, 9.17) is 5.41 Å². The molecule has 1 fully saturated rings. The van der Waals surface area contributed by atoms with E-state index in [9.17, 15) is 0 Å². The molecule has 0 saturated carbocycles. The van der Waals surface area contributed by atoms with Crippen molar-refractivity contribution in [3.05, 3.63) is 26.9 Å². The first-order valence-corrected chi connectivity index (χ1v) is 7.00. The summed E-state index contributed by atoms with van der Waals surface area (Å²) >= 11 is 6.82. The van der Waals surface area contributed by atoms with E-state index < -0.39 is 0 Å². The van der Waals surface area contributed by atoms with Gasteiger partial charge in [0.15, 0.2) is 0 Å². The van der Waals surface area contributed by atoms with Crippen LogP contribution in [0.25, 0.3) is 0 Å². The van der Waals surface area contributed by atoms with Gasteiger partial charge in [-0.05, 0) is 45.0 Å². The number of nitrogens with zero attached hydrogens (tertiary/aromatic N) is 3. The number of rotatable bonds is 1. The maximum absolute atomic E-state index is 8.20. The maximum atomic E-state index is 8.20. The predicted octanol–water partition coefficient (Wildman–Crippen LogP) is 2.18. The summed E-state index contributed by atoms with van der Waals surface area (Å²) in [4.78, 5) is 8.64. The minimum atomic E-state index is 0.498. The molecule has 0 bridgehead atoms. The van der Waals surface area contributed by atoms with Gasteiger partial charge in [-0.2, -0.15) is 0 Å². The van der Waals surface area contributed by atoms with E-state index in [2.05, 4.69) is 53.7 Å². The van der Waals surface area contributed by atoms with Gasteiger partial charge in [0.2, 0.25) is 0 Å². The molecule has 2 rings (SSSR count). The summed E-state index contributed by atoms with van der Waals surface area (Å²) in [5.74, 6) is 0.498. The Kier molecular flexibility index (Phi) is 4.17. The average Bonchev–Trinajstić information content (AvgIpc) is 2.29. The number of halogens is 2. The number of aromatic nitrogens is 1.